The number of benzene rings is 2. The third-order valence-electron chi connectivity index (χ3n) is 3.05. The Labute approximate surface area is 150 Å². The number of hydrogen-bond acceptors (Lipinski definition) is 4. The summed E-state index contributed by atoms with van der Waals surface area (Å²) in [6, 6.07) is 8.55. The first-order valence-corrected chi connectivity index (χ1v) is 7.37. The summed E-state index contributed by atoms with van der Waals surface area (Å²) in [5.74, 6) is -1.65. The van der Waals surface area contributed by atoms with Crippen molar-refractivity contribution >= 4 is 23.4 Å². The van der Waals surface area contributed by atoms with Crippen molar-refractivity contribution in [3.05, 3.63) is 58.6 Å². The van der Waals surface area contributed by atoms with Crippen molar-refractivity contribution in [2.24, 2.45) is 0 Å². The summed E-state index contributed by atoms with van der Waals surface area (Å²) in [5.41, 5.74) is 4.40. The molecule has 0 saturated carbocycles. The molecular weight excluding hydrogens is 377 g/mol. The average Bonchev–Trinajstić information content (AvgIpc) is 2.58. The molecule has 0 heterocycles. The van der Waals surface area contributed by atoms with Crippen molar-refractivity contribution in [1.82, 2.24) is 10.9 Å². The van der Waals surface area contributed by atoms with E-state index >= 15 is 0 Å². The van der Waals surface area contributed by atoms with Crippen molar-refractivity contribution in [1.29, 1.82) is 0 Å². The van der Waals surface area contributed by atoms with E-state index in [2.05, 4.69) is 15.6 Å². The van der Waals surface area contributed by atoms with Gasteiger partial charge in [0, 0.05) is 10.6 Å². The van der Waals surface area contributed by atoms with Gasteiger partial charge in [0.1, 0.15) is 11.5 Å². The van der Waals surface area contributed by atoms with Gasteiger partial charge in [0.05, 0.1) is 12.7 Å². The van der Waals surface area contributed by atoms with E-state index in [1.165, 1.54) is 25.3 Å². The van der Waals surface area contributed by atoms with Crippen LogP contribution >= 0.6 is 11.6 Å². The molecule has 2 N–H and O–H groups in total. The first-order chi connectivity index (χ1) is 12.2. The highest BCUT2D eigenvalue weighted by molar-refractivity contribution is 6.31. The van der Waals surface area contributed by atoms with Gasteiger partial charge in [-0.05, 0) is 42.5 Å². The first kappa shape index (κ1) is 19.4. The van der Waals surface area contributed by atoms with E-state index in [0.717, 1.165) is 24.3 Å². The van der Waals surface area contributed by atoms with Crippen LogP contribution in [0.5, 0.6) is 11.5 Å². The predicted octanol–water partition coefficient (Wildman–Crippen LogP) is 3.32. The molecule has 0 aliphatic rings. The molecule has 2 aromatic carbocycles. The maximum absolute atomic E-state index is 12.1. The molecule has 26 heavy (non-hydrogen) atoms. The molecule has 6 nitrogen and oxygen atoms in total. The molecule has 0 aliphatic heterocycles. The average molecular weight is 389 g/mol. The molecule has 0 aromatic heterocycles. The fourth-order valence-electron chi connectivity index (χ4n) is 1.92. The highest BCUT2D eigenvalue weighted by Crippen LogP contribution is 2.23. The molecule has 2 amide bonds. The van der Waals surface area contributed by atoms with Crippen LogP contribution in [0.1, 0.15) is 20.7 Å². The van der Waals surface area contributed by atoms with Crippen LogP contribution in [0.2, 0.25) is 5.02 Å². The zero-order valence-corrected chi connectivity index (χ0v) is 13.9. The predicted molar refractivity (Wildman–Crippen MR) is 86.1 cm³/mol. The minimum absolute atomic E-state index is 0.0119. The second-order valence-electron chi connectivity index (χ2n) is 4.83. The van der Waals surface area contributed by atoms with Gasteiger partial charge in [0.2, 0.25) is 0 Å². The number of rotatable bonds is 4. The SMILES string of the molecule is COc1ccc(Cl)cc1C(=O)NNC(=O)c1ccc(OC(F)(F)F)cc1. The van der Waals surface area contributed by atoms with Crippen LogP contribution in [0.15, 0.2) is 42.5 Å². The van der Waals surface area contributed by atoms with Crippen LogP contribution in [0.3, 0.4) is 0 Å². The van der Waals surface area contributed by atoms with E-state index in [-0.39, 0.29) is 16.9 Å². The summed E-state index contributed by atoms with van der Waals surface area (Å²) in [6.07, 6.45) is -4.83. The third kappa shape index (κ3) is 5.28. The topological polar surface area (TPSA) is 76.7 Å². The lowest BCUT2D eigenvalue weighted by atomic mass is 10.2. The Morgan fingerprint density at radius 3 is 2.19 bits per heavy atom. The second kappa shape index (κ2) is 7.96. The number of nitrogens with one attached hydrogen (secondary N) is 2. The number of alkyl halides is 3. The van der Waals surface area contributed by atoms with Gasteiger partial charge >= 0.3 is 6.36 Å². The molecule has 0 spiro atoms. The molecule has 0 fully saturated rings. The van der Waals surface area contributed by atoms with Gasteiger partial charge in [-0.1, -0.05) is 11.6 Å². The Morgan fingerprint density at radius 2 is 1.62 bits per heavy atom. The zero-order valence-electron chi connectivity index (χ0n) is 13.2. The number of hydrogen-bond donors (Lipinski definition) is 2. The third-order valence-corrected chi connectivity index (χ3v) is 3.28. The van der Waals surface area contributed by atoms with Gasteiger partial charge in [-0.25, -0.2) is 0 Å². The standard InChI is InChI=1S/C16H12ClF3N2O4/c1-25-13-7-4-10(17)8-12(13)15(24)22-21-14(23)9-2-5-11(6-3-9)26-16(18,19)20/h2-8H,1H3,(H,21,23)(H,22,24). The molecule has 2 rings (SSSR count). The van der Waals surface area contributed by atoms with E-state index in [1.54, 1.807) is 0 Å². The van der Waals surface area contributed by atoms with Crippen molar-refractivity contribution < 1.29 is 32.2 Å². The summed E-state index contributed by atoms with van der Waals surface area (Å²) in [4.78, 5) is 24.1. The second-order valence-corrected chi connectivity index (χ2v) is 5.26. The quantitative estimate of drug-likeness (QED) is 0.788. The summed E-state index contributed by atoms with van der Waals surface area (Å²) in [5, 5.41) is 0.294. The maximum atomic E-state index is 12.1. The highest BCUT2D eigenvalue weighted by atomic mass is 35.5. The van der Waals surface area contributed by atoms with E-state index in [4.69, 9.17) is 16.3 Å². The van der Waals surface area contributed by atoms with Gasteiger partial charge in [0.15, 0.2) is 0 Å². The Hall–Kier alpha value is -2.94. The van der Waals surface area contributed by atoms with E-state index in [9.17, 15) is 22.8 Å². The molecular formula is C16H12ClF3N2O4. The molecule has 2 aromatic rings. The van der Waals surface area contributed by atoms with Crippen LogP contribution < -0.4 is 20.3 Å². The largest absolute Gasteiger partial charge is 0.573 e. The molecule has 138 valence electrons. The van der Waals surface area contributed by atoms with Crippen molar-refractivity contribution in [2.75, 3.05) is 7.11 Å². The monoisotopic (exact) mass is 388 g/mol. The lowest BCUT2D eigenvalue weighted by molar-refractivity contribution is -0.274. The zero-order chi connectivity index (χ0) is 19.3. The Balaban J connectivity index is 2.00. The number of carbonyl (C=O) groups is 2. The molecule has 10 heteroatoms. The number of hydrazine groups is 1. The fraction of sp³-hybridized carbons (Fsp3) is 0.125. The van der Waals surface area contributed by atoms with Crippen molar-refractivity contribution in [3.8, 4) is 11.5 Å². The molecule has 0 saturated heterocycles. The summed E-state index contributed by atoms with van der Waals surface area (Å²) in [7, 11) is 1.36. The summed E-state index contributed by atoms with van der Waals surface area (Å²) >= 11 is 5.82. The smallest absolute Gasteiger partial charge is 0.496 e. The molecule has 0 unspecified atom stereocenters. The first-order valence-electron chi connectivity index (χ1n) is 6.99. The van der Waals surface area contributed by atoms with Gasteiger partial charge in [-0.3, -0.25) is 20.4 Å². The molecule has 0 atom stereocenters. The normalized spacial score (nSPS) is 10.8. The minimum atomic E-state index is -4.83. The lowest BCUT2D eigenvalue weighted by Crippen LogP contribution is -2.41. The van der Waals surface area contributed by atoms with E-state index in [1.807, 2.05) is 0 Å². The van der Waals surface area contributed by atoms with Crippen molar-refractivity contribution in [3.63, 3.8) is 0 Å². The Morgan fingerprint density at radius 1 is 1.00 bits per heavy atom. The summed E-state index contributed by atoms with van der Waals surface area (Å²) in [6.45, 7) is 0. The van der Waals surface area contributed by atoms with Crippen LogP contribution in [0.25, 0.3) is 0 Å². The number of carbonyl (C=O) groups excluding carboxylic acids is 2. The Bertz CT molecular complexity index is 810. The van der Waals surface area contributed by atoms with E-state index < -0.39 is 23.9 Å². The van der Waals surface area contributed by atoms with Gasteiger partial charge < -0.3 is 9.47 Å². The minimum Gasteiger partial charge on any atom is -0.496 e. The van der Waals surface area contributed by atoms with Crippen LogP contribution in [0, 0.1) is 0 Å². The Kier molecular flexibility index (Phi) is 5.93. The maximum Gasteiger partial charge on any atom is 0.573 e. The summed E-state index contributed by atoms with van der Waals surface area (Å²) < 4.78 is 45.0. The van der Waals surface area contributed by atoms with Gasteiger partial charge in [0.25, 0.3) is 11.8 Å². The van der Waals surface area contributed by atoms with Crippen molar-refractivity contribution in [2.45, 2.75) is 6.36 Å². The van der Waals surface area contributed by atoms with E-state index in [0.29, 0.717) is 5.02 Å². The van der Waals surface area contributed by atoms with Crippen LogP contribution in [-0.2, 0) is 0 Å². The molecule has 0 aliphatic carbocycles. The fourth-order valence-corrected chi connectivity index (χ4v) is 2.09. The van der Waals surface area contributed by atoms with Gasteiger partial charge in [-0.15, -0.1) is 13.2 Å². The highest BCUT2D eigenvalue weighted by Gasteiger charge is 2.31. The number of amides is 2. The molecule has 0 radical (unpaired) electrons. The van der Waals surface area contributed by atoms with Crippen LogP contribution in [-0.4, -0.2) is 25.3 Å². The van der Waals surface area contributed by atoms with Gasteiger partial charge in [-0.2, -0.15) is 0 Å². The number of halogens is 4. The number of methoxy groups -OCH3 is 1. The molecule has 0 bridgehead atoms. The lowest BCUT2D eigenvalue weighted by Gasteiger charge is -2.11. The number of ether oxygens (including phenoxy) is 2. The van der Waals surface area contributed by atoms with Crippen LogP contribution in [0.4, 0.5) is 13.2 Å².